The predicted molar refractivity (Wildman–Crippen MR) is 83.2 cm³/mol. The minimum atomic E-state index is 0.521. The molecule has 0 heterocycles. The van der Waals surface area contributed by atoms with Crippen molar-refractivity contribution in [3.8, 4) is 16.9 Å². The minimum Gasteiger partial charge on any atom is -0.497 e. The summed E-state index contributed by atoms with van der Waals surface area (Å²) >= 11 is 0. The largest absolute Gasteiger partial charge is 0.497 e. The second-order valence-electron chi connectivity index (χ2n) is 5.25. The molecule has 0 aliphatic heterocycles. The van der Waals surface area contributed by atoms with E-state index >= 15 is 0 Å². The summed E-state index contributed by atoms with van der Waals surface area (Å²) in [6.45, 7) is 3.20. The number of methoxy groups -OCH3 is 1. The monoisotopic (exact) mass is 267 g/mol. The molecule has 0 fully saturated rings. The third-order valence-corrected chi connectivity index (χ3v) is 4.12. The first-order valence-electron chi connectivity index (χ1n) is 7.33. The first-order chi connectivity index (χ1) is 9.83. The Morgan fingerprint density at radius 3 is 2.65 bits per heavy atom. The van der Waals surface area contributed by atoms with Crippen LogP contribution in [0.4, 0.5) is 0 Å². The van der Waals surface area contributed by atoms with Gasteiger partial charge in [-0.1, -0.05) is 37.3 Å². The topological polar surface area (TPSA) is 21.3 Å². The number of hydrogen-bond acceptors (Lipinski definition) is 2. The zero-order valence-electron chi connectivity index (χ0n) is 12.1. The van der Waals surface area contributed by atoms with Gasteiger partial charge in [0.1, 0.15) is 5.75 Å². The van der Waals surface area contributed by atoms with E-state index in [0.29, 0.717) is 6.04 Å². The molecule has 0 radical (unpaired) electrons. The number of benzene rings is 2. The third kappa shape index (κ3) is 2.32. The Morgan fingerprint density at radius 1 is 1.15 bits per heavy atom. The first-order valence-corrected chi connectivity index (χ1v) is 7.33. The van der Waals surface area contributed by atoms with Gasteiger partial charge in [-0.2, -0.15) is 0 Å². The highest BCUT2D eigenvalue weighted by Crippen LogP contribution is 2.37. The molecule has 2 nitrogen and oxygen atoms in total. The molecule has 0 spiro atoms. The summed E-state index contributed by atoms with van der Waals surface area (Å²) in [5.41, 5.74) is 5.62. The van der Waals surface area contributed by atoms with E-state index in [4.69, 9.17) is 4.74 Å². The molecular weight excluding hydrogens is 246 g/mol. The number of rotatable bonds is 4. The Bertz CT molecular complexity index is 589. The van der Waals surface area contributed by atoms with Crippen LogP contribution in [0.25, 0.3) is 11.1 Å². The van der Waals surface area contributed by atoms with E-state index in [1.165, 1.54) is 28.7 Å². The van der Waals surface area contributed by atoms with Gasteiger partial charge in [-0.3, -0.25) is 0 Å². The molecule has 3 rings (SSSR count). The van der Waals surface area contributed by atoms with Crippen molar-refractivity contribution in [3.63, 3.8) is 0 Å². The Balaban J connectivity index is 1.98. The van der Waals surface area contributed by atoms with E-state index in [2.05, 4.69) is 42.6 Å². The van der Waals surface area contributed by atoms with Crippen molar-refractivity contribution in [3.05, 3.63) is 53.6 Å². The molecule has 1 N–H and O–H groups in total. The second kappa shape index (κ2) is 5.68. The van der Waals surface area contributed by atoms with Crippen LogP contribution < -0.4 is 10.1 Å². The molecular formula is C18H21NO. The van der Waals surface area contributed by atoms with Crippen molar-refractivity contribution in [1.29, 1.82) is 0 Å². The summed E-state index contributed by atoms with van der Waals surface area (Å²) in [4.78, 5) is 0. The number of fused-ring (bicyclic) bond motifs is 1. The summed E-state index contributed by atoms with van der Waals surface area (Å²) in [7, 11) is 1.70. The SMILES string of the molecule is CCNC1CCc2c(-c3ccc(OC)cc3)cccc21. The highest BCUT2D eigenvalue weighted by Gasteiger charge is 2.23. The highest BCUT2D eigenvalue weighted by atomic mass is 16.5. The normalized spacial score (nSPS) is 17.0. The summed E-state index contributed by atoms with van der Waals surface area (Å²) in [6, 6.07) is 15.6. The first kappa shape index (κ1) is 13.2. The Morgan fingerprint density at radius 2 is 1.95 bits per heavy atom. The maximum atomic E-state index is 5.24. The standard InChI is InChI=1S/C18H21NO/c1-3-19-18-12-11-16-15(5-4-6-17(16)18)13-7-9-14(20-2)10-8-13/h4-10,18-19H,3,11-12H2,1-2H3. The molecule has 1 unspecified atom stereocenters. The van der Waals surface area contributed by atoms with Crippen LogP contribution in [0.15, 0.2) is 42.5 Å². The molecule has 1 aliphatic rings. The van der Waals surface area contributed by atoms with Crippen LogP contribution in [0, 0.1) is 0 Å². The van der Waals surface area contributed by atoms with Crippen LogP contribution in [0.3, 0.4) is 0 Å². The summed E-state index contributed by atoms with van der Waals surface area (Å²) in [6.07, 6.45) is 2.37. The lowest BCUT2D eigenvalue weighted by atomic mass is 9.96. The van der Waals surface area contributed by atoms with Gasteiger partial charge in [-0.05, 0) is 53.8 Å². The number of ether oxygens (including phenoxy) is 1. The van der Waals surface area contributed by atoms with E-state index in [1.807, 2.05) is 12.1 Å². The average Bonchev–Trinajstić information content (AvgIpc) is 2.91. The fraction of sp³-hybridized carbons (Fsp3) is 0.333. The molecule has 0 bridgehead atoms. The lowest BCUT2D eigenvalue weighted by Crippen LogP contribution is -2.18. The molecule has 1 aliphatic carbocycles. The molecule has 2 aromatic rings. The number of hydrogen-bond donors (Lipinski definition) is 1. The molecule has 1 atom stereocenters. The summed E-state index contributed by atoms with van der Waals surface area (Å²) in [5, 5.41) is 3.58. The van der Waals surface area contributed by atoms with E-state index < -0.39 is 0 Å². The fourth-order valence-corrected chi connectivity index (χ4v) is 3.15. The molecule has 2 aromatic carbocycles. The molecule has 2 heteroatoms. The molecule has 0 saturated carbocycles. The molecule has 0 aromatic heterocycles. The van der Waals surface area contributed by atoms with Gasteiger partial charge in [0.2, 0.25) is 0 Å². The second-order valence-corrected chi connectivity index (χ2v) is 5.25. The van der Waals surface area contributed by atoms with Crippen molar-refractivity contribution in [2.45, 2.75) is 25.8 Å². The minimum absolute atomic E-state index is 0.521. The summed E-state index contributed by atoms with van der Waals surface area (Å²) < 4.78 is 5.24. The van der Waals surface area contributed by atoms with Crippen molar-refractivity contribution < 1.29 is 4.74 Å². The third-order valence-electron chi connectivity index (χ3n) is 4.12. The molecule has 20 heavy (non-hydrogen) atoms. The number of nitrogens with one attached hydrogen (secondary N) is 1. The molecule has 104 valence electrons. The van der Waals surface area contributed by atoms with Crippen LogP contribution in [-0.4, -0.2) is 13.7 Å². The van der Waals surface area contributed by atoms with Gasteiger partial charge in [0.25, 0.3) is 0 Å². The van der Waals surface area contributed by atoms with E-state index in [9.17, 15) is 0 Å². The highest BCUT2D eigenvalue weighted by molar-refractivity contribution is 5.70. The average molecular weight is 267 g/mol. The van der Waals surface area contributed by atoms with Crippen molar-refractivity contribution in [1.82, 2.24) is 5.32 Å². The van der Waals surface area contributed by atoms with Gasteiger partial charge in [-0.25, -0.2) is 0 Å². The predicted octanol–water partition coefficient (Wildman–Crippen LogP) is 3.96. The van der Waals surface area contributed by atoms with Gasteiger partial charge in [0.05, 0.1) is 7.11 Å². The molecule has 0 amide bonds. The van der Waals surface area contributed by atoms with Crippen LogP contribution in [0.5, 0.6) is 5.75 Å². The van der Waals surface area contributed by atoms with Crippen molar-refractivity contribution >= 4 is 0 Å². The van der Waals surface area contributed by atoms with Gasteiger partial charge in [0, 0.05) is 6.04 Å². The zero-order valence-corrected chi connectivity index (χ0v) is 12.1. The van der Waals surface area contributed by atoms with E-state index in [-0.39, 0.29) is 0 Å². The van der Waals surface area contributed by atoms with E-state index in [0.717, 1.165) is 18.7 Å². The summed E-state index contributed by atoms with van der Waals surface area (Å²) in [5.74, 6) is 0.909. The van der Waals surface area contributed by atoms with Crippen LogP contribution in [0.1, 0.15) is 30.5 Å². The van der Waals surface area contributed by atoms with Gasteiger partial charge in [-0.15, -0.1) is 0 Å². The molecule has 0 saturated heterocycles. The van der Waals surface area contributed by atoms with Crippen molar-refractivity contribution in [2.75, 3.05) is 13.7 Å². The fourth-order valence-electron chi connectivity index (χ4n) is 3.15. The maximum absolute atomic E-state index is 5.24. The van der Waals surface area contributed by atoms with E-state index in [1.54, 1.807) is 7.11 Å². The van der Waals surface area contributed by atoms with Crippen molar-refractivity contribution in [2.24, 2.45) is 0 Å². The lowest BCUT2D eigenvalue weighted by Gasteiger charge is -2.14. The Hall–Kier alpha value is -1.80. The lowest BCUT2D eigenvalue weighted by molar-refractivity contribution is 0.415. The van der Waals surface area contributed by atoms with Gasteiger partial charge in [0.15, 0.2) is 0 Å². The maximum Gasteiger partial charge on any atom is 0.118 e. The van der Waals surface area contributed by atoms with Gasteiger partial charge >= 0.3 is 0 Å². The Kier molecular flexibility index (Phi) is 3.75. The van der Waals surface area contributed by atoms with Crippen LogP contribution in [0.2, 0.25) is 0 Å². The Labute approximate surface area is 120 Å². The smallest absolute Gasteiger partial charge is 0.118 e. The van der Waals surface area contributed by atoms with Crippen LogP contribution in [-0.2, 0) is 6.42 Å². The quantitative estimate of drug-likeness (QED) is 0.905. The van der Waals surface area contributed by atoms with Gasteiger partial charge < -0.3 is 10.1 Å². The van der Waals surface area contributed by atoms with Crippen LogP contribution >= 0.6 is 0 Å². The zero-order chi connectivity index (χ0) is 13.9.